The van der Waals surface area contributed by atoms with Crippen molar-refractivity contribution in [3.8, 4) is 0 Å². The molecule has 1 saturated heterocycles. The Kier molecular flexibility index (Phi) is 3.99. The van der Waals surface area contributed by atoms with Crippen LogP contribution in [0.15, 0.2) is 10.1 Å². The third-order valence-electron chi connectivity index (χ3n) is 4.29. The van der Waals surface area contributed by atoms with E-state index >= 15 is 0 Å². The van der Waals surface area contributed by atoms with E-state index in [-0.39, 0.29) is 16.7 Å². The van der Waals surface area contributed by atoms with Crippen LogP contribution in [-0.4, -0.2) is 37.6 Å². The van der Waals surface area contributed by atoms with Crippen molar-refractivity contribution in [2.75, 3.05) is 6.61 Å². The maximum atomic E-state index is 12.6. The third-order valence-corrected chi connectivity index (χ3v) is 8.55. The minimum atomic E-state index is -1.91. The first kappa shape index (κ1) is 17.4. The number of nitrogens with zero attached hydrogens (tertiary/aromatic N) is 1. The first-order chi connectivity index (χ1) is 10.1. The Balaban J connectivity index is 2.15. The summed E-state index contributed by atoms with van der Waals surface area (Å²) in [6.07, 6.45) is 0.610. The fourth-order valence-corrected chi connectivity index (χ4v) is 6.21. The molecule has 2 fully saturated rings. The number of hydrogen-bond donors (Lipinski definition) is 0. The number of alkyl halides is 4. The van der Waals surface area contributed by atoms with Crippen molar-refractivity contribution in [2.24, 2.45) is 11.8 Å². The highest BCUT2D eigenvalue weighted by molar-refractivity contribution is 6.66. The summed E-state index contributed by atoms with van der Waals surface area (Å²) in [6, 6.07) is 0. The maximum Gasteiger partial charge on any atom is 0.259 e. The van der Waals surface area contributed by atoms with Crippen molar-refractivity contribution >= 4 is 81.4 Å². The van der Waals surface area contributed by atoms with Crippen molar-refractivity contribution in [1.82, 2.24) is 5.06 Å². The van der Waals surface area contributed by atoms with Gasteiger partial charge in [-0.2, -0.15) is 5.06 Å². The van der Waals surface area contributed by atoms with E-state index in [2.05, 4.69) is 0 Å². The highest BCUT2D eigenvalue weighted by atomic mass is 35.5. The number of imide groups is 1. The van der Waals surface area contributed by atoms with Gasteiger partial charge in [0.05, 0.1) is 28.5 Å². The average Bonchev–Trinajstić information content (AvgIpc) is 2.83. The Labute approximate surface area is 156 Å². The van der Waals surface area contributed by atoms with Gasteiger partial charge in [0.15, 0.2) is 4.33 Å². The molecule has 4 nitrogen and oxygen atoms in total. The standard InChI is InChI=1S/C12H9Cl6NO3/c1-2-3-22-19-8(20)4-5(9(19)21)11(16)7(14)6(13)10(4,15)12(11,17)18/h4-5H,2-3H2,1H3/t4-,5-,10-,11-/m0/s1. The van der Waals surface area contributed by atoms with E-state index in [0.29, 0.717) is 11.5 Å². The largest absolute Gasteiger partial charge is 0.272 e. The summed E-state index contributed by atoms with van der Waals surface area (Å²) < 4.78 is -1.91. The normalized spacial score (nSPS) is 42.6. The van der Waals surface area contributed by atoms with Crippen LogP contribution in [0.25, 0.3) is 0 Å². The molecule has 2 amide bonds. The molecule has 2 bridgehead atoms. The third kappa shape index (κ3) is 1.58. The van der Waals surface area contributed by atoms with Crippen LogP contribution in [0.4, 0.5) is 0 Å². The number of carbonyl (C=O) groups is 2. The van der Waals surface area contributed by atoms with Gasteiger partial charge in [-0.1, -0.05) is 53.3 Å². The molecule has 0 aromatic carbocycles. The van der Waals surface area contributed by atoms with Gasteiger partial charge in [-0.05, 0) is 6.42 Å². The Bertz CT molecular complexity index is 576. The molecule has 22 heavy (non-hydrogen) atoms. The molecule has 4 atom stereocenters. The van der Waals surface area contributed by atoms with Gasteiger partial charge in [-0.15, -0.1) is 23.2 Å². The smallest absolute Gasteiger partial charge is 0.259 e. The van der Waals surface area contributed by atoms with Crippen LogP contribution in [0.3, 0.4) is 0 Å². The predicted octanol–water partition coefficient (Wildman–Crippen LogP) is 3.77. The fraction of sp³-hybridized carbons (Fsp3) is 0.667. The highest BCUT2D eigenvalue weighted by Gasteiger charge is 2.87. The Hall–Kier alpha value is 0.580. The molecular formula is C12H9Cl6NO3. The number of rotatable bonds is 3. The summed E-state index contributed by atoms with van der Waals surface area (Å²) in [4.78, 5) is 26.8. The molecule has 2 aliphatic carbocycles. The lowest BCUT2D eigenvalue weighted by Crippen LogP contribution is -2.50. The van der Waals surface area contributed by atoms with Gasteiger partial charge in [0, 0.05) is 0 Å². The number of halogens is 6. The number of hydrogen-bond acceptors (Lipinski definition) is 3. The summed E-state index contributed by atoms with van der Waals surface area (Å²) >= 11 is 37.9. The van der Waals surface area contributed by atoms with Gasteiger partial charge in [-0.25, -0.2) is 0 Å². The Morgan fingerprint density at radius 3 is 1.77 bits per heavy atom. The molecule has 10 heteroatoms. The molecule has 1 aliphatic heterocycles. The second kappa shape index (κ2) is 5.04. The monoisotopic (exact) mass is 425 g/mol. The predicted molar refractivity (Wildman–Crippen MR) is 85.4 cm³/mol. The van der Waals surface area contributed by atoms with E-state index < -0.39 is 37.7 Å². The van der Waals surface area contributed by atoms with E-state index in [1.807, 2.05) is 6.92 Å². The average molecular weight is 428 g/mol. The van der Waals surface area contributed by atoms with Crippen LogP contribution in [0.5, 0.6) is 0 Å². The molecular weight excluding hydrogens is 419 g/mol. The summed E-state index contributed by atoms with van der Waals surface area (Å²) in [5.74, 6) is -3.62. The first-order valence-corrected chi connectivity index (χ1v) is 8.67. The van der Waals surface area contributed by atoms with E-state index in [0.717, 1.165) is 0 Å². The Morgan fingerprint density at radius 2 is 1.41 bits per heavy atom. The molecule has 1 heterocycles. The van der Waals surface area contributed by atoms with Gasteiger partial charge in [0.1, 0.15) is 9.75 Å². The van der Waals surface area contributed by atoms with Gasteiger partial charge in [-0.3, -0.25) is 14.4 Å². The first-order valence-electron chi connectivity index (χ1n) is 6.41. The van der Waals surface area contributed by atoms with Gasteiger partial charge in [0.25, 0.3) is 11.8 Å². The number of allylic oxidation sites excluding steroid dienone is 2. The van der Waals surface area contributed by atoms with Crippen LogP contribution < -0.4 is 0 Å². The lowest BCUT2D eigenvalue weighted by molar-refractivity contribution is -0.190. The zero-order valence-electron chi connectivity index (χ0n) is 11.0. The lowest BCUT2D eigenvalue weighted by atomic mass is 9.84. The minimum absolute atomic E-state index is 0.115. The fourth-order valence-electron chi connectivity index (χ4n) is 3.28. The summed E-state index contributed by atoms with van der Waals surface area (Å²) in [6.45, 7) is 2.02. The summed E-state index contributed by atoms with van der Waals surface area (Å²) in [5.41, 5.74) is 0. The second-order valence-corrected chi connectivity index (χ2v) is 8.66. The zero-order chi connectivity index (χ0) is 16.7. The SMILES string of the molecule is CCCON1C(=O)[C@@H]2[C@@H](C1=O)[C@]1(Cl)C(Cl)=C(Cl)[C@]2(Cl)C1(Cl)Cl. The van der Waals surface area contributed by atoms with Gasteiger partial charge in [0.2, 0.25) is 0 Å². The molecule has 122 valence electrons. The molecule has 3 aliphatic rings. The summed E-state index contributed by atoms with van der Waals surface area (Å²) in [5, 5.41) is 0.432. The molecule has 0 spiro atoms. The quantitative estimate of drug-likeness (QED) is 0.508. The maximum absolute atomic E-state index is 12.6. The van der Waals surface area contributed by atoms with Crippen LogP contribution in [-0.2, 0) is 14.4 Å². The zero-order valence-corrected chi connectivity index (χ0v) is 15.5. The van der Waals surface area contributed by atoms with Gasteiger partial charge >= 0.3 is 0 Å². The summed E-state index contributed by atoms with van der Waals surface area (Å²) in [7, 11) is 0. The molecule has 0 unspecified atom stereocenters. The van der Waals surface area contributed by atoms with Crippen LogP contribution in [0.2, 0.25) is 0 Å². The number of hydroxylamine groups is 2. The minimum Gasteiger partial charge on any atom is -0.272 e. The van der Waals surface area contributed by atoms with Crippen molar-refractivity contribution in [3.63, 3.8) is 0 Å². The number of carbonyl (C=O) groups excluding carboxylic acids is 2. The van der Waals surface area contributed by atoms with E-state index in [9.17, 15) is 9.59 Å². The topological polar surface area (TPSA) is 46.6 Å². The van der Waals surface area contributed by atoms with Crippen LogP contribution in [0.1, 0.15) is 13.3 Å². The van der Waals surface area contributed by atoms with Crippen LogP contribution >= 0.6 is 69.6 Å². The van der Waals surface area contributed by atoms with Crippen molar-refractivity contribution in [1.29, 1.82) is 0 Å². The lowest BCUT2D eigenvalue weighted by Gasteiger charge is -2.34. The Morgan fingerprint density at radius 1 is 1.00 bits per heavy atom. The van der Waals surface area contributed by atoms with E-state index in [1.165, 1.54) is 0 Å². The number of fused-ring (bicyclic) bond motifs is 5. The van der Waals surface area contributed by atoms with Crippen molar-refractivity contribution in [2.45, 2.75) is 27.4 Å². The molecule has 0 aromatic heterocycles. The molecule has 0 radical (unpaired) electrons. The van der Waals surface area contributed by atoms with Crippen molar-refractivity contribution < 1.29 is 14.4 Å². The number of amides is 2. The van der Waals surface area contributed by atoms with Crippen molar-refractivity contribution in [3.05, 3.63) is 10.1 Å². The highest BCUT2D eigenvalue weighted by Crippen LogP contribution is 2.77. The second-order valence-electron chi connectivity index (χ2n) is 5.39. The van der Waals surface area contributed by atoms with E-state index in [1.54, 1.807) is 0 Å². The van der Waals surface area contributed by atoms with E-state index in [4.69, 9.17) is 74.4 Å². The molecule has 0 aromatic rings. The molecule has 3 rings (SSSR count). The molecule has 1 saturated carbocycles. The van der Waals surface area contributed by atoms with Crippen LogP contribution in [0, 0.1) is 11.8 Å². The van der Waals surface area contributed by atoms with Gasteiger partial charge < -0.3 is 0 Å². The molecule has 0 N–H and O–H groups in total.